The predicted molar refractivity (Wildman–Crippen MR) is 129 cm³/mol. The van der Waals surface area contributed by atoms with Gasteiger partial charge in [0, 0.05) is 12.3 Å². The second-order valence-electron chi connectivity index (χ2n) is 6.83. The van der Waals surface area contributed by atoms with E-state index in [4.69, 9.17) is 9.47 Å². The van der Waals surface area contributed by atoms with E-state index in [0.29, 0.717) is 9.32 Å². The number of hydrogen-bond acceptors (Lipinski definition) is 7. The van der Waals surface area contributed by atoms with E-state index in [1.54, 1.807) is 18.3 Å². The van der Waals surface area contributed by atoms with Crippen LogP contribution in [0.15, 0.2) is 53.5 Å². The number of hydrogen-bond donors (Lipinski definition) is 0. The van der Waals surface area contributed by atoms with Crippen LogP contribution in [-0.4, -0.2) is 23.2 Å². The summed E-state index contributed by atoms with van der Waals surface area (Å²) in [7, 11) is 1.45. The van der Waals surface area contributed by atoms with E-state index in [1.807, 2.05) is 54.6 Å². The van der Waals surface area contributed by atoms with Gasteiger partial charge in [-0.1, -0.05) is 6.07 Å². The van der Waals surface area contributed by atoms with Gasteiger partial charge in [-0.2, -0.15) is 0 Å². The molecule has 0 N–H and O–H groups in total. The second kappa shape index (κ2) is 9.73. The minimum Gasteiger partial charge on any atom is -0.493 e. The molecule has 0 saturated carbocycles. The van der Waals surface area contributed by atoms with Crippen molar-refractivity contribution < 1.29 is 19.3 Å². The van der Waals surface area contributed by atoms with E-state index in [-0.39, 0.29) is 11.5 Å². The van der Waals surface area contributed by atoms with Gasteiger partial charge in [0.1, 0.15) is 0 Å². The van der Waals surface area contributed by atoms with Crippen LogP contribution in [0.5, 0.6) is 17.2 Å². The Balaban J connectivity index is 1.95. The molecule has 0 aliphatic heterocycles. The van der Waals surface area contributed by atoms with Crippen molar-refractivity contribution in [3.63, 3.8) is 0 Å². The number of aliphatic imine (C=N–C) groups is 1. The third kappa shape index (κ3) is 5.19. The SMILES string of the molecule is COc1cc(C=Nc2ccc(C)c(C)c2)cc(I)c1Oc1ccc([N+](=O)[O-])cc1[N+](=O)[O-]. The zero-order chi connectivity index (χ0) is 23.4. The van der Waals surface area contributed by atoms with E-state index in [0.717, 1.165) is 28.9 Å². The number of nitro groups is 2. The molecule has 0 aliphatic carbocycles. The maximum atomic E-state index is 11.4. The fraction of sp³-hybridized carbons (Fsp3) is 0.136. The molecule has 32 heavy (non-hydrogen) atoms. The second-order valence-corrected chi connectivity index (χ2v) is 7.99. The van der Waals surface area contributed by atoms with Gasteiger partial charge in [-0.25, -0.2) is 0 Å². The van der Waals surface area contributed by atoms with Crippen molar-refractivity contribution in [1.29, 1.82) is 0 Å². The summed E-state index contributed by atoms with van der Waals surface area (Å²) < 4.78 is 11.8. The lowest BCUT2D eigenvalue weighted by molar-refractivity contribution is -0.394. The average molecular weight is 547 g/mol. The van der Waals surface area contributed by atoms with Crippen molar-refractivity contribution in [2.45, 2.75) is 13.8 Å². The molecule has 0 aliphatic rings. The van der Waals surface area contributed by atoms with Crippen molar-refractivity contribution in [1.82, 2.24) is 0 Å². The predicted octanol–water partition coefficient (Wildman–Crippen LogP) is 6.28. The summed E-state index contributed by atoms with van der Waals surface area (Å²) in [5.41, 5.74) is 2.96. The quantitative estimate of drug-likeness (QED) is 0.149. The summed E-state index contributed by atoms with van der Waals surface area (Å²) in [6, 6.07) is 12.6. The lowest BCUT2D eigenvalue weighted by Gasteiger charge is -2.13. The number of nitro benzene ring substituents is 2. The molecule has 164 valence electrons. The largest absolute Gasteiger partial charge is 0.493 e. The maximum Gasteiger partial charge on any atom is 0.318 e. The number of halogens is 1. The first-order chi connectivity index (χ1) is 15.2. The molecule has 0 bridgehead atoms. The van der Waals surface area contributed by atoms with Crippen LogP contribution in [0.25, 0.3) is 0 Å². The molecular formula is C22H18IN3O6. The van der Waals surface area contributed by atoms with Crippen LogP contribution < -0.4 is 9.47 Å². The maximum absolute atomic E-state index is 11.4. The first-order valence-electron chi connectivity index (χ1n) is 9.29. The van der Waals surface area contributed by atoms with Gasteiger partial charge in [0.15, 0.2) is 11.5 Å². The Morgan fingerprint density at radius 2 is 1.69 bits per heavy atom. The minimum absolute atomic E-state index is 0.131. The van der Waals surface area contributed by atoms with Crippen LogP contribution in [-0.2, 0) is 0 Å². The normalized spacial score (nSPS) is 10.9. The third-order valence-electron chi connectivity index (χ3n) is 4.67. The molecule has 0 radical (unpaired) electrons. The van der Waals surface area contributed by atoms with Crippen molar-refractivity contribution in [2.75, 3.05) is 7.11 Å². The molecule has 0 heterocycles. The third-order valence-corrected chi connectivity index (χ3v) is 5.47. The Bertz CT molecular complexity index is 1240. The van der Waals surface area contributed by atoms with Gasteiger partial charge >= 0.3 is 5.69 Å². The smallest absolute Gasteiger partial charge is 0.318 e. The Kier molecular flexibility index (Phi) is 7.03. The molecule has 0 amide bonds. The highest BCUT2D eigenvalue weighted by Crippen LogP contribution is 2.41. The zero-order valence-electron chi connectivity index (χ0n) is 17.4. The van der Waals surface area contributed by atoms with E-state index in [9.17, 15) is 20.2 Å². The summed E-state index contributed by atoms with van der Waals surface area (Å²) in [4.78, 5) is 25.4. The zero-order valence-corrected chi connectivity index (χ0v) is 19.5. The van der Waals surface area contributed by atoms with E-state index in [2.05, 4.69) is 4.99 Å². The Hall–Kier alpha value is -3.54. The van der Waals surface area contributed by atoms with Gasteiger partial charge < -0.3 is 9.47 Å². The van der Waals surface area contributed by atoms with Gasteiger partial charge in [-0.05, 0) is 83.5 Å². The number of methoxy groups -OCH3 is 1. The Morgan fingerprint density at radius 1 is 0.938 bits per heavy atom. The number of benzene rings is 3. The van der Waals surface area contributed by atoms with Gasteiger partial charge in [0.05, 0.1) is 32.3 Å². The summed E-state index contributed by atoms with van der Waals surface area (Å²) in [6.45, 7) is 4.05. The van der Waals surface area contributed by atoms with Gasteiger partial charge in [-0.15, -0.1) is 0 Å². The van der Waals surface area contributed by atoms with Crippen LogP contribution >= 0.6 is 22.6 Å². The molecule has 0 unspecified atom stereocenters. The highest BCUT2D eigenvalue weighted by atomic mass is 127. The van der Waals surface area contributed by atoms with Crippen LogP contribution in [0.2, 0.25) is 0 Å². The lowest BCUT2D eigenvalue weighted by Crippen LogP contribution is -1.99. The highest BCUT2D eigenvalue weighted by Gasteiger charge is 2.23. The first-order valence-corrected chi connectivity index (χ1v) is 10.4. The van der Waals surface area contributed by atoms with Crippen molar-refractivity contribution >= 4 is 45.9 Å². The van der Waals surface area contributed by atoms with Crippen LogP contribution in [0.4, 0.5) is 17.1 Å². The summed E-state index contributed by atoms with van der Waals surface area (Å²) >= 11 is 2.03. The first kappa shape index (κ1) is 23.1. The van der Waals surface area contributed by atoms with Crippen LogP contribution in [0.1, 0.15) is 16.7 Å². The summed E-state index contributed by atoms with van der Waals surface area (Å²) in [5, 5.41) is 22.3. The molecule has 9 nitrogen and oxygen atoms in total. The number of nitrogens with zero attached hydrogens (tertiary/aromatic N) is 3. The van der Waals surface area contributed by atoms with Crippen molar-refractivity contribution in [3.05, 3.63) is 89.0 Å². The van der Waals surface area contributed by atoms with E-state index < -0.39 is 21.2 Å². The average Bonchev–Trinajstić information content (AvgIpc) is 2.75. The molecule has 3 rings (SSSR count). The molecule has 3 aromatic carbocycles. The van der Waals surface area contributed by atoms with Crippen molar-refractivity contribution in [2.24, 2.45) is 4.99 Å². The number of aryl methyl sites for hydroxylation is 2. The summed E-state index contributed by atoms with van der Waals surface area (Å²) in [6.07, 6.45) is 1.69. The number of ether oxygens (including phenoxy) is 2. The fourth-order valence-corrected chi connectivity index (χ4v) is 3.56. The minimum atomic E-state index is -0.730. The van der Waals surface area contributed by atoms with Gasteiger partial charge in [0.25, 0.3) is 5.69 Å². The lowest BCUT2D eigenvalue weighted by atomic mass is 10.1. The molecule has 0 saturated heterocycles. The molecular weight excluding hydrogens is 529 g/mol. The van der Waals surface area contributed by atoms with E-state index >= 15 is 0 Å². The highest BCUT2D eigenvalue weighted by molar-refractivity contribution is 14.1. The molecule has 0 aromatic heterocycles. The molecule has 10 heteroatoms. The van der Waals surface area contributed by atoms with Gasteiger partial charge in [0.2, 0.25) is 5.75 Å². The Morgan fingerprint density at radius 3 is 2.31 bits per heavy atom. The fourth-order valence-electron chi connectivity index (χ4n) is 2.83. The van der Waals surface area contributed by atoms with Crippen LogP contribution in [0.3, 0.4) is 0 Å². The number of non-ortho nitro benzene ring substituents is 1. The molecule has 3 aromatic rings. The monoisotopic (exact) mass is 547 g/mol. The number of rotatable bonds is 7. The molecule has 0 atom stereocenters. The van der Waals surface area contributed by atoms with E-state index in [1.165, 1.54) is 18.7 Å². The molecule has 0 spiro atoms. The van der Waals surface area contributed by atoms with Crippen LogP contribution in [0, 0.1) is 37.6 Å². The summed E-state index contributed by atoms with van der Waals surface area (Å²) in [5.74, 6) is 0.466. The Labute approximate surface area is 197 Å². The topological polar surface area (TPSA) is 117 Å². The van der Waals surface area contributed by atoms with Gasteiger partial charge in [-0.3, -0.25) is 25.2 Å². The van der Waals surface area contributed by atoms with Crippen molar-refractivity contribution in [3.8, 4) is 17.2 Å². The molecule has 0 fully saturated rings. The standard InChI is InChI=1S/C22H18IN3O6/c1-13-4-5-16(8-14(13)2)24-12-15-9-18(23)22(21(10-15)31-3)32-20-7-6-17(25(27)28)11-19(20)26(29)30/h4-12H,1-3H3.